The van der Waals surface area contributed by atoms with E-state index in [9.17, 15) is 4.39 Å². The molecule has 2 N–H and O–H groups in total. The maximum atomic E-state index is 13.3. The second-order valence-electron chi connectivity index (χ2n) is 6.14. The van der Waals surface area contributed by atoms with Crippen LogP contribution in [0.5, 0.6) is 0 Å². The van der Waals surface area contributed by atoms with E-state index in [4.69, 9.17) is 10.5 Å². The van der Waals surface area contributed by atoms with Gasteiger partial charge in [0.05, 0.1) is 5.60 Å². The maximum absolute atomic E-state index is 13.3. The topological polar surface area (TPSA) is 35.2 Å². The molecule has 3 unspecified atom stereocenters. The third-order valence-electron chi connectivity index (χ3n) is 4.44. The zero-order valence-electron chi connectivity index (χ0n) is 12.6. The van der Waals surface area contributed by atoms with Gasteiger partial charge in [0.25, 0.3) is 0 Å². The van der Waals surface area contributed by atoms with Crippen LogP contribution in [0.25, 0.3) is 0 Å². The highest BCUT2D eigenvalue weighted by molar-refractivity contribution is 5.18. The Balaban J connectivity index is 2.12. The van der Waals surface area contributed by atoms with E-state index in [0.29, 0.717) is 18.9 Å². The molecule has 20 heavy (non-hydrogen) atoms. The smallest absolute Gasteiger partial charge is 0.123 e. The minimum absolute atomic E-state index is 0.0769. The number of benzene rings is 1. The molecule has 0 heterocycles. The number of hydrogen-bond acceptors (Lipinski definition) is 2. The lowest BCUT2D eigenvalue weighted by Crippen LogP contribution is -2.53. The van der Waals surface area contributed by atoms with E-state index in [1.807, 2.05) is 13.0 Å². The van der Waals surface area contributed by atoms with Crippen LogP contribution in [-0.2, 0) is 11.2 Å². The van der Waals surface area contributed by atoms with Crippen LogP contribution in [0.2, 0.25) is 0 Å². The van der Waals surface area contributed by atoms with Gasteiger partial charge in [-0.15, -0.1) is 0 Å². The zero-order chi connectivity index (χ0) is 14.6. The molecule has 1 aromatic carbocycles. The summed E-state index contributed by atoms with van der Waals surface area (Å²) in [7, 11) is 0. The number of halogens is 1. The van der Waals surface area contributed by atoms with Crippen LogP contribution < -0.4 is 5.73 Å². The Morgan fingerprint density at radius 2 is 2.30 bits per heavy atom. The summed E-state index contributed by atoms with van der Waals surface area (Å²) >= 11 is 0. The van der Waals surface area contributed by atoms with Crippen molar-refractivity contribution >= 4 is 0 Å². The fourth-order valence-electron chi connectivity index (χ4n) is 3.51. The predicted molar refractivity (Wildman–Crippen MR) is 80.1 cm³/mol. The lowest BCUT2D eigenvalue weighted by Gasteiger charge is -2.44. The molecule has 1 aliphatic carbocycles. The lowest BCUT2D eigenvalue weighted by molar-refractivity contribution is -0.0925. The van der Waals surface area contributed by atoms with Crippen LogP contribution in [0.3, 0.4) is 0 Å². The van der Waals surface area contributed by atoms with E-state index in [1.54, 1.807) is 12.1 Å². The van der Waals surface area contributed by atoms with Crippen LogP contribution in [0.15, 0.2) is 24.3 Å². The normalized spacial score (nSPS) is 28.3. The minimum atomic E-state index is -0.237. The molecule has 0 spiro atoms. The van der Waals surface area contributed by atoms with Crippen LogP contribution in [0, 0.1) is 11.7 Å². The molecule has 0 aromatic heterocycles. The average Bonchev–Trinajstić information content (AvgIpc) is 2.39. The van der Waals surface area contributed by atoms with E-state index < -0.39 is 0 Å². The van der Waals surface area contributed by atoms with Gasteiger partial charge in [0.1, 0.15) is 5.82 Å². The lowest BCUT2D eigenvalue weighted by atomic mass is 9.73. The van der Waals surface area contributed by atoms with Gasteiger partial charge >= 0.3 is 0 Å². The van der Waals surface area contributed by atoms with Crippen molar-refractivity contribution in [1.82, 2.24) is 0 Å². The maximum Gasteiger partial charge on any atom is 0.123 e. The second-order valence-corrected chi connectivity index (χ2v) is 6.14. The van der Waals surface area contributed by atoms with E-state index >= 15 is 0 Å². The molecule has 1 fully saturated rings. The third kappa shape index (κ3) is 3.58. The van der Waals surface area contributed by atoms with Gasteiger partial charge in [-0.25, -0.2) is 4.39 Å². The van der Waals surface area contributed by atoms with Gasteiger partial charge < -0.3 is 10.5 Å². The van der Waals surface area contributed by atoms with Gasteiger partial charge in [-0.2, -0.15) is 0 Å². The van der Waals surface area contributed by atoms with Crippen molar-refractivity contribution < 1.29 is 9.13 Å². The van der Waals surface area contributed by atoms with Crippen molar-refractivity contribution in [3.05, 3.63) is 35.6 Å². The zero-order valence-corrected chi connectivity index (χ0v) is 12.6. The first-order valence-corrected chi connectivity index (χ1v) is 7.70. The van der Waals surface area contributed by atoms with Crippen LogP contribution >= 0.6 is 0 Å². The number of hydrogen-bond donors (Lipinski definition) is 1. The van der Waals surface area contributed by atoms with Crippen molar-refractivity contribution in [2.24, 2.45) is 11.7 Å². The van der Waals surface area contributed by atoms with Crippen molar-refractivity contribution in [1.29, 1.82) is 0 Å². The molecule has 2 rings (SSSR count). The number of rotatable bonds is 5. The van der Waals surface area contributed by atoms with E-state index in [1.165, 1.54) is 12.5 Å². The molecule has 2 nitrogen and oxygen atoms in total. The monoisotopic (exact) mass is 279 g/mol. The van der Waals surface area contributed by atoms with Crippen molar-refractivity contribution in [2.75, 3.05) is 6.61 Å². The fourth-order valence-corrected chi connectivity index (χ4v) is 3.51. The van der Waals surface area contributed by atoms with Gasteiger partial charge in [0.2, 0.25) is 0 Å². The third-order valence-corrected chi connectivity index (χ3v) is 4.44. The van der Waals surface area contributed by atoms with Gasteiger partial charge in [-0.05, 0) is 49.8 Å². The first kappa shape index (κ1) is 15.5. The minimum Gasteiger partial charge on any atom is -0.374 e. The Hall–Kier alpha value is -0.930. The Morgan fingerprint density at radius 1 is 1.50 bits per heavy atom. The van der Waals surface area contributed by atoms with Gasteiger partial charge in [0.15, 0.2) is 0 Å². The summed E-state index contributed by atoms with van der Waals surface area (Å²) in [5, 5.41) is 0. The molecule has 0 aliphatic heterocycles. The van der Waals surface area contributed by atoms with Crippen LogP contribution in [-0.4, -0.2) is 18.2 Å². The average molecular weight is 279 g/mol. The standard InChI is InChI=1S/C17H26FNO/c1-3-20-17(9-5-6-13(2)12-17)16(19)11-14-7-4-8-15(18)10-14/h4,7-8,10,13,16H,3,5-6,9,11-12,19H2,1-2H3. The quantitative estimate of drug-likeness (QED) is 0.892. The molecule has 0 amide bonds. The Labute approximate surface area is 121 Å². The molecule has 1 aliphatic rings. The van der Waals surface area contributed by atoms with E-state index in [0.717, 1.165) is 24.8 Å². The molecule has 0 radical (unpaired) electrons. The second kappa shape index (κ2) is 6.68. The molecule has 1 aromatic rings. The number of ether oxygens (including phenoxy) is 1. The molecule has 112 valence electrons. The Bertz CT molecular complexity index is 433. The summed E-state index contributed by atoms with van der Waals surface area (Å²) in [4.78, 5) is 0. The van der Waals surface area contributed by atoms with Crippen molar-refractivity contribution in [2.45, 2.75) is 57.6 Å². The summed E-state index contributed by atoms with van der Waals surface area (Å²) in [5.74, 6) is 0.450. The van der Waals surface area contributed by atoms with Gasteiger partial charge in [-0.3, -0.25) is 0 Å². The largest absolute Gasteiger partial charge is 0.374 e. The molecular formula is C17H26FNO. The molecule has 1 saturated carbocycles. The highest BCUT2D eigenvalue weighted by Crippen LogP contribution is 2.38. The highest BCUT2D eigenvalue weighted by Gasteiger charge is 2.40. The summed E-state index contributed by atoms with van der Waals surface area (Å²) in [5.41, 5.74) is 7.18. The SMILES string of the molecule is CCOC1(C(N)Cc2cccc(F)c2)CCCC(C)C1. The molecule has 0 bridgehead atoms. The van der Waals surface area contributed by atoms with Gasteiger partial charge in [-0.1, -0.05) is 31.9 Å². The van der Waals surface area contributed by atoms with Crippen molar-refractivity contribution in [3.63, 3.8) is 0 Å². The van der Waals surface area contributed by atoms with E-state index in [-0.39, 0.29) is 17.5 Å². The molecule has 3 atom stereocenters. The van der Waals surface area contributed by atoms with E-state index in [2.05, 4.69) is 6.92 Å². The highest BCUT2D eigenvalue weighted by atomic mass is 19.1. The fraction of sp³-hybridized carbons (Fsp3) is 0.647. The van der Waals surface area contributed by atoms with Crippen LogP contribution in [0.4, 0.5) is 4.39 Å². The first-order chi connectivity index (χ1) is 9.55. The van der Waals surface area contributed by atoms with Crippen molar-refractivity contribution in [3.8, 4) is 0 Å². The molecule has 3 heteroatoms. The first-order valence-electron chi connectivity index (χ1n) is 7.70. The molecular weight excluding hydrogens is 253 g/mol. The molecule has 0 saturated heterocycles. The number of nitrogens with two attached hydrogens (primary N) is 1. The summed E-state index contributed by atoms with van der Waals surface area (Å²) in [6.45, 7) is 4.97. The summed E-state index contributed by atoms with van der Waals surface area (Å²) in [6.07, 6.45) is 5.11. The summed E-state index contributed by atoms with van der Waals surface area (Å²) < 4.78 is 19.4. The Morgan fingerprint density at radius 3 is 2.95 bits per heavy atom. The predicted octanol–water partition coefficient (Wildman–Crippen LogP) is 3.68. The van der Waals surface area contributed by atoms with Gasteiger partial charge in [0, 0.05) is 12.6 Å². The summed E-state index contributed by atoms with van der Waals surface area (Å²) in [6, 6.07) is 6.65. The Kier molecular flexibility index (Phi) is 5.17. The van der Waals surface area contributed by atoms with Crippen LogP contribution in [0.1, 0.15) is 45.1 Å².